The predicted molar refractivity (Wildman–Crippen MR) is 87.7 cm³/mol. The Morgan fingerprint density at radius 1 is 1.05 bits per heavy atom. The highest BCUT2D eigenvalue weighted by Crippen LogP contribution is 2.38. The van der Waals surface area contributed by atoms with E-state index < -0.39 is 8.56 Å². The molecule has 0 saturated carbocycles. The van der Waals surface area contributed by atoms with Gasteiger partial charge in [0.1, 0.15) is 0 Å². The van der Waals surface area contributed by atoms with Gasteiger partial charge in [-0.3, -0.25) is 0 Å². The third-order valence-corrected chi connectivity index (χ3v) is 4.70. The Kier molecular flexibility index (Phi) is 7.05. The lowest BCUT2D eigenvalue weighted by Crippen LogP contribution is -2.39. The van der Waals surface area contributed by atoms with Gasteiger partial charge in [-0.1, -0.05) is 19.9 Å². The van der Waals surface area contributed by atoms with E-state index in [1.807, 2.05) is 31.3 Å². The molecular formula is C16H28O4Si. The van der Waals surface area contributed by atoms with Crippen LogP contribution in [-0.2, 0) is 4.43 Å². The first kappa shape index (κ1) is 17.8. The van der Waals surface area contributed by atoms with E-state index >= 15 is 0 Å². The maximum atomic E-state index is 6.12. The van der Waals surface area contributed by atoms with E-state index in [1.165, 1.54) is 6.42 Å². The molecule has 0 amide bonds. The standard InChI is InChI=1S/C16H28O4Si/c1-13(2)9-8-12-19-21(5,6)20-16-14(17-3)10-7-11-15(16)18-4/h7,10-11,13H,8-9,12H2,1-6H3. The summed E-state index contributed by atoms with van der Waals surface area (Å²) >= 11 is 0. The summed E-state index contributed by atoms with van der Waals surface area (Å²) < 4.78 is 22.8. The summed E-state index contributed by atoms with van der Waals surface area (Å²) in [5.41, 5.74) is 0. The second-order valence-corrected chi connectivity index (χ2v) is 9.17. The molecule has 0 saturated heterocycles. The minimum atomic E-state index is -2.27. The molecule has 0 fully saturated rings. The average Bonchev–Trinajstić information content (AvgIpc) is 2.43. The molecule has 0 radical (unpaired) electrons. The molecule has 1 rings (SSSR count). The number of ether oxygens (including phenoxy) is 2. The summed E-state index contributed by atoms with van der Waals surface area (Å²) in [5, 5.41) is 0. The maximum Gasteiger partial charge on any atom is 0.392 e. The van der Waals surface area contributed by atoms with E-state index in [4.69, 9.17) is 18.3 Å². The topological polar surface area (TPSA) is 36.9 Å². The minimum absolute atomic E-state index is 0.628. The fraction of sp³-hybridized carbons (Fsp3) is 0.625. The molecule has 21 heavy (non-hydrogen) atoms. The van der Waals surface area contributed by atoms with Crippen LogP contribution in [-0.4, -0.2) is 29.4 Å². The molecule has 0 N–H and O–H groups in total. The van der Waals surface area contributed by atoms with Crippen LogP contribution in [0.2, 0.25) is 13.1 Å². The van der Waals surface area contributed by atoms with E-state index in [1.54, 1.807) is 14.2 Å². The van der Waals surface area contributed by atoms with Crippen LogP contribution in [0.25, 0.3) is 0 Å². The van der Waals surface area contributed by atoms with Crippen LogP contribution >= 0.6 is 0 Å². The lowest BCUT2D eigenvalue weighted by atomic mass is 10.1. The third kappa shape index (κ3) is 5.97. The third-order valence-electron chi connectivity index (χ3n) is 3.11. The maximum absolute atomic E-state index is 6.12. The molecule has 0 unspecified atom stereocenters. The monoisotopic (exact) mass is 312 g/mol. The Morgan fingerprint density at radius 2 is 1.62 bits per heavy atom. The largest absolute Gasteiger partial charge is 0.515 e. The predicted octanol–water partition coefficient (Wildman–Crippen LogP) is 4.24. The molecular weight excluding hydrogens is 284 g/mol. The van der Waals surface area contributed by atoms with E-state index in [2.05, 4.69) is 13.8 Å². The van der Waals surface area contributed by atoms with Gasteiger partial charge in [-0.05, 0) is 44.0 Å². The number of benzene rings is 1. The molecule has 120 valence electrons. The summed E-state index contributed by atoms with van der Waals surface area (Å²) in [7, 11) is 0.978. The SMILES string of the molecule is COc1cccc(OC)c1O[Si](C)(C)OCCCC(C)C. The molecule has 1 aromatic rings. The number of para-hydroxylation sites is 1. The lowest BCUT2D eigenvalue weighted by Gasteiger charge is -2.26. The molecule has 0 heterocycles. The zero-order valence-electron chi connectivity index (χ0n) is 14.1. The van der Waals surface area contributed by atoms with Crippen LogP contribution in [0.5, 0.6) is 17.2 Å². The summed E-state index contributed by atoms with van der Waals surface area (Å²) in [6.45, 7) is 9.24. The number of methoxy groups -OCH3 is 2. The van der Waals surface area contributed by atoms with Crippen LogP contribution in [0.3, 0.4) is 0 Å². The van der Waals surface area contributed by atoms with Crippen LogP contribution in [0.1, 0.15) is 26.7 Å². The Balaban J connectivity index is 2.69. The Morgan fingerprint density at radius 3 is 2.10 bits per heavy atom. The van der Waals surface area contributed by atoms with Crippen molar-refractivity contribution in [1.29, 1.82) is 0 Å². The van der Waals surface area contributed by atoms with Gasteiger partial charge in [-0.2, -0.15) is 0 Å². The van der Waals surface area contributed by atoms with Gasteiger partial charge in [0.25, 0.3) is 0 Å². The molecule has 0 atom stereocenters. The minimum Gasteiger partial charge on any atom is -0.515 e. The van der Waals surface area contributed by atoms with Crippen molar-refractivity contribution < 1.29 is 18.3 Å². The van der Waals surface area contributed by atoms with Crippen molar-refractivity contribution in [2.75, 3.05) is 20.8 Å². The summed E-state index contributed by atoms with van der Waals surface area (Å²) in [5.74, 6) is 2.66. The highest BCUT2D eigenvalue weighted by atomic mass is 28.4. The van der Waals surface area contributed by atoms with E-state index in [0.717, 1.165) is 13.0 Å². The molecule has 1 aromatic carbocycles. The van der Waals surface area contributed by atoms with Gasteiger partial charge in [-0.15, -0.1) is 0 Å². The first-order valence-corrected chi connectivity index (χ1v) is 10.2. The second-order valence-electron chi connectivity index (χ2n) is 5.88. The molecule has 0 aromatic heterocycles. The van der Waals surface area contributed by atoms with Gasteiger partial charge < -0.3 is 18.3 Å². The summed E-state index contributed by atoms with van der Waals surface area (Å²) in [6.07, 6.45) is 2.23. The first-order valence-electron chi connectivity index (χ1n) is 7.43. The molecule has 0 aliphatic rings. The lowest BCUT2D eigenvalue weighted by molar-refractivity contribution is 0.230. The average molecular weight is 312 g/mol. The number of hydrogen-bond acceptors (Lipinski definition) is 4. The Bertz CT molecular complexity index is 410. The number of rotatable bonds is 9. The van der Waals surface area contributed by atoms with Gasteiger partial charge in [0.2, 0.25) is 0 Å². The first-order chi connectivity index (χ1) is 9.89. The normalized spacial score (nSPS) is 11.6. The van der Waals surface area contributed by atoms with Crippen LogP contribution in [0, 0.1) is 5.92 Å². The van der Waals surface area contributed by atoms with Crippen LogP contribution in [0.15, 0.2) is 18.2 Å². The summed E-state index contributed by atoms with van der Waals surface area (Å²) in [4.78, 5) is 0. The molecule has 0 spiro atoms. The van der Waals surface area contributed by atoms with Gasteiger partial charge in [0.05, 0.1) is 14.2 Å². The molecule has 4 nitrogen and oxygen atoms in total. The van der Waals surface area contributed by atoms with E-state index in [0.29, 0.717) is 23.2 Å². The van der Waals surface area contributed by atoms with E-state index in [-0.39, 0.29) is 0 Å². The Hall–Kier alpha value is -1.20. The van der Waals surface area contributed by atoms with Crippen molar-refractivity contribution in [1.82, 2.24) is 0 Å². The van der Waals surface area contributed by atoms with Crippen molar-refractivity contribution in [2.24, 2.45) is 5.92 Å². The zero-order chi connectivity index (χ0) is 15.9. The van der Waals surface area contributed by atoms with Gasteiger partial charge in [-0.25, -0.2) is 0 Å². The van der Waals surface area contributed by atoms with Crippen molar-refractivity contribution in [3.63, 3.8) is 0 Å². The van der Waals surface area contributed by atoms with Crippen molar-refractivity contribution in [3.05, 3.63) is 18.2 Å². The molecule has 0 aliphatic heterocycles. The number of hydrogen-bond donors (Lipinski definition) is 0. The van der Waals surface area contributed by atoms with Gasteiger partial charge >= 0.3 is 8.56 Å². The van der Waals surface area contributed by atoms with Gasteiger partial charge in [0, 0.05) is 6.61 Å². The van der Waals surface area contributed by atoms with Crippen molar-refractivity contribution in [3.8, 4) is 17.2 Å². The smallest absolute Gasteiger partial charge is 0.392 e. The second kappa shape index (κ2) is 8.29. The molecule has 0 aliphatic carbocycles. The highest BCUT2D eigenvalue weighted by molar-refractivity contribution is 6.65. The van der Waals surface area contributed by atoms with Gasteiger partial charge in [0.15, 0.2) is 17.2 Å². The van der Waals surface area contributed by atoms with Crippen molar-refractivity contribution in [2.45, 2.75) is 39.8 Å². The fourth-order valence-electron chi connectivity index (χ4n) is 2.00. The Labute approximate surface area is 129 Å². The van der Waals surface area contributed by atoms with Crippen LogP contribution < -0.4 is 13.9 Å². The highest BCUT2D eigenvalue weighted by Gasteiger charge is 2.29. The summed E-state index contributed by atoms with van der Waals surface area (Å²) in [6, 6.07) is 5.60. The van der Waals surface area contributed by atoms with Crippen LogP contribution in [0.4, 0.5) is 0 Å². The van der Waals surface area contributed by atoms with E-state index in [9.17, 15) is 0 Å². The fourth-order valence-corrected chi connectivity index (χ4v) is 3.39. The quantitative estimate of drug-likeness (QED) is 0.505. The van der Waals surface area contributed by atoms with Crippen molar-refractivity contribution >= 4 is 8.56 Å². The molecule has 5 heteroatoms. The zero-order valence-corrected chi connectivity index (χ0v) is 15.1. The molecule has 0 bridgehead atoms.